The van der Waals surface area contributed by atoms with E-state index in [1.165, 1.54) is 0 Å². The van der Waals surface area contributed by atoms with Gasteiger partial charge in [-0.2, -0.15) is 0 Å². The lowest BCUT2D eigenvalue weighted by atomic mass is 10.1. The van der Waals surface area contributed by atoms with Crippen molar-refractivity contribution in [1.29, 1.82) is 0 Å². The van der Waals surface area contributed by atoms with Crippen molar-refractivity contribution in [3.63, 3.8) is 0 Å². The average Bonchev–Trinajstić information content (AvgIpc) is 2.62. The summed E-state index contributed by atoms with van der Waals surface area (Å²) in [6.07, 6.45) is -0.378. The van der Waals surface area contributed by atoms with Crippen LogP contribution in [-0.2, 0) is 19.3 Å². The molecule has 0 bridgehead atoms. The van der Waals surface area contributed by atoms with Gasteiger partial charge in [0.15, 0.2) is 9.84 Å². The fraction of sp³-hybridized carbons (Fsp3) is 0.900. The van der Waals surface area contributed by atoms with E-state index in [1.807, 2.05) is 0 Å². The Morgan fingerprint density at radius 1 is 1.50 bits per heavy atom. The molecule has 2 rings (SSSR count). The van der Waals surface area contributed by atoms with E-state index in [0.29, 0.717) is 26.3 Å². The quantitative estimate of drug-likeness (QED) is 0.658. The smallest absolute Gasteiger partial charge is 0.317 e. The number of hydrogen-bond acceptors (Lipinski definition) is 5. The first-order valence-electron chi connectivity index (χ1n) is 5.89. The molecule has 2 aliphatic rings. The third-order valence-corrected chi connectivity index (χ3v) is 4.87. The summed E-state index contributed by atoms with van der Waals surface area (Å²) >= 11 is 0. The van der Waals surface area contributed by atoms with E-state index in [0.717, 1.165) is 0 Å². The third kappa shape index (κ3) is 2.93. The lowest BCUT2D eigenvalue weighted by Gasteiger charge is -2.36. The van der Waals surface area contributed by atoms with Crippen molar-refractivity contribution in [2.45, 2.75) is 12.1 Å². The maximum Gasteiger partial charge on any atom is 0.317 e. The molecule has 18 heavy (non-hydrogen) atoms. The fourth-order valence-corrected chi connectivity index (χ4v) is 4.20. The minimum atomic E-state index is -3.09. The number of nitrogens with one attached hydrogen (secondary N) is 1. The van der Waals surface area contributed by atoms with E-state index in [1.54, 1.807) is 12.0 Å². The van der Waals surface area contributed by atoms with E-state index in [2.05, 4.69) is 5.32 Å². The normalized spacial score (nSPS) is 29.9. The van der Waals surface area contributed by atoms with Gasteiger partial charge in [0.2, 0.25) is 0 Å². The molecule has 2 amide bonds. The summed E-state index contributed by atoms with van der Waals surface area (Å²) in [6.45, 7) is 1.66. The van der Waals surface area contributed by atoms with Crippen LogP contribution in [0.1, 0.15) is 0 Å². The van der Waals surface area contributed by atoms with Crippen LogP contribution in [0.25, 0.3) is 0 Å². The number of morpholine rings is 1. The molecule has 2 saturated heterocycles. The maximum atomic E-state index is 11.9. The van der Waals surface area contributed by atoms with Gasteiger partial charge in [0.1, 0.15) is 0 Å². The van der Waals surface area contributed by atoms with Crippen molar-refractivity contribution in [3.05, 3.63) is 0 Å². The lowest BCUT2D eigenvalue weighted by molar-refractivity contribution is -0.0290. The van der Waals surface area contributed by atoms with E-state index in [4.69, 9.17) is 9.47 Å². The molecule has 1 N–H and O–H groups in total. The summed E-state index contributed by atoms with van der Waals surface area (Å²) in [4.78, 5) is 13.5. The van der Waals surface area contributed by atoms with Gasteiger partial charge >= 0.3 is 6.03 Å². The van der Waals surface area contributed by atoms with Crippen LogP contribution in [0.3, 0.4) is 0 Å². The predicted octanol–water partition coefficient (Wildman–Crippen LogP) is -1.16. The van der Waals surface area contributed by atoms with Gasteiger partial charge in [0.25, 0.3) is 0 Å². The Morgan fingerprint density at radius 2 is 2.28 bits per heavy atom. The molecule has 7 nitrogen and oxygen atoms in total. The van der Waals surface area contributed by atoms with Crippen LogP contribution in [0, 0.1) is 0 Å². The fourth-order valence-electron chi connectivity index (χ4n) is 2.33. The molecule has 0 spiro atoms. The van der Waals surface area contributed by atoms with Crippen LogP contribution < -0.4 is 5.32 Å². The molecule has 0 aliphatic carbocycles. The summed E-state index contributed by atoms with van der Waals surface area (Å²) < 4.78 is 33.4. The molecule has 0 radical (unpaired) electrons. The second kappa shape index (κ2) is 5.41. The van der Waals surface area contributed by atoms with Crippen LogP contribution in [0.5, 0.6) is 0 Å². The van der Waals surface area contributed by atoms with Crippen LogP contribution in [-0.4, -0.2) is 76.4 Å². The molecular formula is C10H18N2O5S. The highest BCUT2D eigenvalue weighted by Gasteiger charge is 2.45. The Labute approximate surface area is 106 Å². The van der Waals surface area contributed by atoms with Gasteiger partial charge in [0, 0.05) is 20.2 Å². The molecule has 0 saturated carbocycles. The van der Waals surface area contributed by atoms with E-state index in [9.17, 15) is 13.2 Å². The number of methoxy groups -OCH3 is 1. The SMILES string of the molecule is COCCNC(=O)N1CCOC2CS(=O)(=O)CC21. The molecule has 2 atom stereocenters. The monoisotopic (exact) mass is 278 g/mol. The van der Waals surface area contributed by atoms with Gasteiger partial charge in [0.05, 0.1) is 36.9 Å². The van der Waals surface area contributed by atoms with Crippen molar-refractivity contribution < 1.29 is 22.7 Å². The summed E-state index contributed by atoms with van der Waals surface area (Å²) in [5.74, 6) is 0.00881. The third-order valence-electron chi connectivity index (χ3n) is 3.18. The molecule has 2 unspecified atom stereocenters. The van der Waals surface area contributed by atoms with E-state index < -0.39 is 9.84 Å². The zero-order valence-corrected chi connectivity index (χ0v) is 11.1. The first-order valence-corrected chi connectivity index (χ1v) is 7.71. The molecule has 2 heterocycles. The number of hydrogen-bond donors (Lipinski definition) is 1. The number of carbonyl (C=O) groups excluding carboxylic acids is 1. The van der Waals surface area contributed by atoms with Gasteiger partial charge in [-0.3, -0.25) is 0 Å². The summed E-state index contributed by atoms with van der Waals surface area (Å²) in [5.41, 5.74) is 0. The summed E-state index contributed by atoms with van der Waals surface area (Å²) in [5, 5.41) is 2.70. The highest BCUT2D eigenvalue weighted by atomic mass is 32.2. The Hall–Kier alpha value is -0.860. The summed E-state index contributed by atoms with van der Waals surface area (Å²) in [6, 6.07) is -0.603. The number of carbonyl (C=O) groups is 1. The minimum Gasteiger partial charge on any atom is -0.383 e. The van der Waals surface area contributed by atoms with Crippen molar-refractivity contribution >= 4 is 15.9 Å². The number of amides is 2. The zero-order valence-electron chi connectivity index (χ0n) is 10.3. The van der Waals surface area contributed by atoms with Gasteiger partial charge in [-0.1, -0.05) is 0 Å². The predicted molar refractivity (Wildman–Crippen MR) is 64.2 cm³/mol. The van der Waals surface area contributed by atoms with Crippen LogP contribution in [0.2, 0.25) is 0 Å². The van der Waals surface area contributed by atoms with Crippen LogP contribution in [0.4, 0.5) is 4.79 Å². The Kier molecular flexibility index (Phi) is 4.08. The first-order chi connectivity index (χ1) is 8.53. The second-order valence-corrected chi connectivity index (χ2v) is 6.63. The standard InChI is InChI=1S/C10H18N2O5S/c1-16-4-2-11-10(13)12-3-5-17-9-7-18(14,15)6-8(9)12/h8-9H,2-7H2,1H3,(H,11,13). The number of urea groups is 1. The number of nitrogens with zero attached hydrogens (tertiary/aromatic N) is 1. The Balaban J connectivity index is 1.97. The number of fused-ring (bicyclic) bond motifs is 1. The molecule has 0 aromatic carbocycles. The highest BCUT2D eigenvalue weighted by molar-refractivity contribution is 7.91. The number of rotatable bonds is 3. The maximum absolute atomic E-state index is 11.9. The molecule has 104 valence electrons. The topological polar surface area (TPSA) is 84.9 Å². The first kappa shape index (κ1) is 13.6. The largest absolute Gasteiger partial charge is 0.383 e. The number of sulfone groups is 1. The molecular weight excluding hydrogens is 260 g/mol. The van der Waals surface area contributed by atoms with E-state index in [-0.39, 0.29) is 29.7 Å². The molecule has 0 aromatic rings. The lowest BCUT2D eigenvalue weighted by Crippen LogP contribution is -2.56. The van der Waals surface area contributed by atoms with Gasteiger partial charge in [-0.15, -0.1) is 0 Å². The van der Waals surface area contributed by atoms with Crippen LogP contribution in [0.15, 0.2) is 0 Å². The minimum absolute atomic E-state index is 0.00460. The van der Waals surface area contributed by atoms with Crippen molar-refractivity contribution in [3.8, 4) is 0 Å². The second-order valence-electron chi connectivity index (χ2n) is 4.47. The Bertz CT molecular complexity index is 410. The van der Waals surface area contributed by atoms with Gasteiger partial charge in [-0.25, -0.2) is 13.2 Å². The molecule has 2 fully saturated rings. The van der Waals surface area contributed by atoms with Crippen molar-refractivity contribution in [2.75, 3.05) is 44.9 Å². The highest BCUT2D eigenvalue weighted by Crippen LogP contribution is 2.24. The molecule has 0 aromatic heterocycles. The van der Waals surface area contributed by atoms with Crippen molar-refractivity contribution in [1.82, 2.24) is 10.2 Å². The molecule has 2 aliphatic heterocycles. The van der Waals surface area contributed by atoms with Gasteiger partial charge in [-0.05, 0) is 0 Å². The van der Waals surface area contributed by atoms with E-state index >= 15 is 0 Å². The van der Waals surface area contributed by atoms with Crippen LogP contribution >= 0.6 is 0 Å². The number of ether oxygens (including phenoxy) is 2. The van der Waals surface area contributed by atoms with Crippen molar-refractivity contribution in [2.24, 2.45) is 0 Å². The Morgan fingerprint density at radius 3 is 3.00 bits per heavy atom. The molecule has 8 heteroatoms. The summed E-state index contributed by atoms with van der Waals surface area (Å²) in [7, 11) is -1.54. The average molecular weight is 278 g/mol. The van der Waals surface area contributed by atoms with Gasteiger partial charge < -0.3 is 19.7 Å². The zero-order chi connectivity index (χ0) is 13.2.